The van der Waals surface area contributed by atoms with Crippen LogP contribution in [0.15, 0.2) is 0 Å². The van der Waals surface area contributed by atoms with Crippen molar-refractivity contribution < 1.29 is 80.2 Å². The summed E-state index contributed by atoms with van der Waals surface area (Å²) in [7, 11) is -9.91. The standard InChI is InChI=1S/C77H150O17P2/c1-6-9-12-15-18-21-24-27-29-31-32-34-37-40-43-46-53-58-63-76(81)93-72(66-87-74(79)60-55-50-44-41-38-36-33-30-28-25-22-19-16-13-10-7-2)68-91-95(83,84)89-64-71(78)65-90-96(85,86)92-69-73(67-88-75(80)61-56-51-48-47-49-54-59-70(4)5)94-77(82)62-57-52-45-42-39-35-26-23-20-17-14-11-8-3/h70-73,78H,6-69H2,1-5H3,(H,83,84)(H,85,86)/t71-,72-,73-/m1/s1. The number of aliphatic hydroxyl groups excluding tert-OH is 1. The number of aliphatic hydroxyl groups is 1. The van der Waals surface area contributed by atoms with E-state index in [2.05, 4.69) is 34.6 Å². The predicted molar refractivity (Wildman–Crippen MR) is 391 cm³/mol. The first-order chi connectivity index (χ1) is 46.5. The Hall–Kier alpha value is -1.94. The third kappa shape index (κ3) is 70.5. The molecule has 0 saturated carbocycles. The van der Waals surface area contributed by atoms with Gasteiger partial charge < -0.3 is 33.8 Å². The van der Waals surface area contributed by atoms with Gasteiger partial charge in [-0.05, 0) is 31.6 Å². The number of unbranched alkanes of at least 4 members (excludes halogenated alkanes) is 49. The van der Waals surface area contributed by atoms with E-state index >= 15 is 0 Å². The van der Waals surface area contributed by atoms with Crippen LogP contribution in [0.2, 0.25) is 0 Å². The molecule has 0 bridgehead atoms. The second-order valence-electron chi connectivity index (χ2n) is 28.2. The van der Waals surface area contributed by atoms with E-state index in [-0.39, 0.29) is 25.7 Å². The number of hydrogen-bond acceptors (Lipinski definition) is 15. The van der Waals surface area contributed by atoms with Gasteiger partial charge in [0.2, 0.25) is 0 Å². The maximum Gasteiger partial charge on any atom is 0.472 e. The molecule has 0 aromatic heterocycles. The maximum atomic E-state index is 13.1. The molecule has 3 N–H and O–H groups in total. The maximum absolute atomic E-state index is 13.1. The molecule has 0 fully saturated rings. The van der Waals surface area contributed by atoms with Gasteiger partial charge in [0.1, 0.15) is 19.3 Å². The average Bonchev–Trinajstić information content (AvgIpc) is 1.33. The van der Waals surface area contributed by atoms with Crippen molar-refractivity contribution in [1.82, 2.24) is 0 Å². The van der Waals surface area contributed by atoms with Gasteiger partial charge in [-0.25, -0.2) is 9.13 Å². The van der Waals surface area contributed by atoms with Crippen LogP contribution in [-0.2, 0) is 65.4 Å². The molecule has 2 unspecified atom stereocenters. The number of carbonyl (C=O) groups is 4. The molecule has 0 amide bonds. The Morgan fingerprint density at radius 1 is 0.281 bits per heavy atom. The lowest BCUT2D eigenvalue weighted by Crippen LogP contribution is -2.30. The van der Waals surface area contributed by atoms with Crippen LogP contribution in [0.3, 0.4) is 0 Å². The van der Waals surface area contributed by atoms with Gasteiger partial charge in [0.15, 0.2) is 12.2 Å². The van der Waals surface area contributed by atoms with E-state index in [1.165, 1.54) is 225 Å². The predicted octanol–water partition coefficient (Wildman–Crippen LogP) is 22.9. The Balaban J connectivity index is 5.22. The smallest absolute Gasteiger partial charge is 0.462 e. The molecule has 96 heavy (non-hydrogen) atoms. The van der Waals surface area contributed by atoms with Gasteiger partial charge in [0.05, 0.1) is 26.4 Å². The lowest BCUT2D eigenvalue weighted by Gasteiger charge is -2.21. The summed E-state index contributed by atoms with van der Waals surface area (Å²) in [6.07, 6.45) is 59.8. The minimum absolute atomic E-state index is 0.107. The molecule has 0 aliphatic rings. The Morgan fingerprint density at radius 3 is 0.708 bits per heavy atom. The summed E-state index contributed by atoms with van der Waals surface area (Å²) in [5.74, 6) is -1.43. The van der Waals surface area contributed by atoms with Crippen molar-refractivity contribution in [3.63, 3.8) is 0 Å². The number of rotatable bonds is 77. The summed E-state index contributed by atoms with van der Waals surface area (Å²) in [5, 5.41) is 10.6. The molecular formula is C77H150O17P2. The number of phosphoric ester groups is 2. The molecule has 0 aromatic carbocycles. The number of hydrogen-bond donors (Lipinski definition) is 3. The van der Waals surface area contributed by atoms with Crippen LogP contribution in [0.25, 0.3) is 0 Å². The van der Waals surface area contributed by atoms with Crippen LogP contribution in [-0.4, -0.2) is 96.7 Å². The second kappa shape index (κ2) is 70.1. The molecule has 0 radical (unpaired) electrons. The highest BCUT2D eigenvalue weighted by Gasteiger charge is 2.30. The summed E-state index contributed by atoms with van der Waals surface area (Å²) >= 11 is 0. The first-order valence-corrected chi connectivity index (χ1v) is 43.1. The van der Waals surface area contributed by atoms with Crippen molar-refractivity contribution in [2.45, 2.75) is 425 Å². The minimum atomic E-state index is -4.96. The zero-order chi connectivity index (χ0) is 70.5. The fourth-order valence-corrected chi connectivity index (χ4v) is 13.5. The van der Waals surface area contributed by atoms with Crippen molar-refractivity contribution in [2.24, 2.45) is 5.92 Å². The van der Waals surface area contributed by atoms with Crippen LogP contribution in [0.1, 0.15) is 407 Å². The van der Waals surface area contributed by atoms with Crippen LogP contribution < -0.4 is 0 Å². The van der Waals surface area contributed by atoms with Crippen LogP contribution >= 0.6 is 15.6 Å². The van der Waals surface area contributed by atoms with E-state index in [1.807, 2.05) is 0 Å². The Morgan fingerprint density at radius 2 is 0.479 bits per heavy atom. The lowest BCUT2D eigenvalue weighted by atomic mass is 10.0. The molecule has 17 nitrogen and oxygen atoms in total. The molecule has 0 heterocycles. The van der Waals surface area contributed by atoms with Crippen LogP contribution in [0, 0.1) is 5.92 Å². The summed E-state index contributed by atoms with van der Waals surface area (Å²) in [6.45, 7) is 7.23. The van der Waals surface area contributed by atoms with E-state index in [0.717, 1.165) is 96.3 Å². The van der Waals surface area contributed by atoms with Crippen molar-refractivity contribution in [3.8, 4) is 0 Å². The first kappa shape index (κ1) is 94.1. The third-order valence-corrected chi connectivity index (χ3v) is 19.9. The molecule has 0 rings (SSSR count). The normalized spacial score (nSPS) is 13.9. The molecule has 0 saturated heterocycles. The van der Waals surface area contributed by atoms with E-state index in [9.17, 15) is 43.2 Å². The quantitative estimate of drug-likeness (QED) is 0.0222. The first-order valence-electron chi connectivity index (χ1n) is 40.1. The number of esters is 4. The number of ether oxygens (including phenoxy) is 4. The third-order valence-electron chi connectivity index (χ3n) is 18.0. The molecule has 0 spiro atoms. The lowest BCUT2D eigenvalue weighted by molar-refractivity contribution is -0.161. The largest absolute Gasteiger partial charge is 0.472 e. The fraction of sp³-hybridized carbons (Fsp3) is 0.948. The molecule has 19 heteroatoms. The highest BCUT2D eigenvalue weighted by Crippen LogP contribution is 2.45. The van der Waals surface area contributed by atoms with Gasteiger partial charge in [0.25, 0.3) is 0 Å². The summed E-state index contributed by atoms with van der Waals surface area (Å²) in [5.41, 5.74) is 0. The van der Waals surface area contributed by atoms with E-state index in [0.29, 0.717) is 31.6 Å². The summed E-state index contributed by atoms with van der Waals surface area (Å²) in [4.78, 5) is 72.8. The van der Waals surface area contributed by atoms with Gasteiger partial charge in [-0.2, -0.15) is 0 Å². The van der Waals surface area contributed by atoms with Gasteiger partial charge in [0, 0.05) is 25.7 Å². The Kier molecular flexibility index (Phi) is 68.7. The van der Waals surface area contributed by atoms with E-state index < -0.39 is 97.5 Å². The van der Waals surface area contributed by atoms with Gasteiger partial charge in [-0.3, -0.25) is 37.3 Å². The number of phosphoric acid groups is 2. The van der Waals surface area contributed by atoms with Crippen molar-refractivity contribution in [3.05, 3.63) is 0 Å². The summed E-state index contributed by atoms with van der Waals surface area (Å²) < 4.78 is 68.5. The van der Waals surface area contributed by atoms with Gasteiger partial charge in [-0.1, -0.05) is 356 Å². The monoisotopic (exact) mass is 1410 g/mol. The molecular weight excluding hydrogens is 1260 g/mol. The fourth-order valence-electron chi connectivity index (χ4n) is 11.9. The topological polar surface area (TPSA) is 237 Å². The molecule has 570 valence electrons. The van der Waals surface area contributed by atoms with Crippen molar-refractivity contribution >= 4 is 39.5 Å². The highest BCUT2D eigenvalue weighted by molar-refractivity contribution is 7.47. The van der Waals surface area contributed by atoms with Crippen molar-refractivity contribution in [1.29, 1.82) is 0 Å². The van der Waals surface area contributed by atoms with Gasteiger partial charge in [-0.15, -0.1) is 0 Å². The Labute approximate surface area is 588 Å². The Bertz CT molecular complexity index is 1840. The molecule has 0 aromatic rings. The van der Waals surface area contributed by atoms with Crippen molar-refractivity contribution in [2.75, 3.05) is 39.6 Å². The minimum Gasteiger partial charge on any atom is -0.462 e. The molecule has 5 atom stereocenters. The zero-order valence-corrected chi connectivity index (χ0v) is 64.3. The second-order valence-corrected chi connectivity index (χ2v) is 31.1. The summed E-state index contributed by atoms with van der Waals surface area (Å²) in [6, 6.07) is 0. The average molecular weight is 1410 g/mol. The van der Waals surface area contributed by atoms with E-state index in [1.54, 1.807) is 0 Å². The van der Waals surface area contributed by atoms with Crippen LogP contribution in [0.5, 0.6) is 0 Å². The van der Waals surface area contributed by atoms with Crippen LogP contribution in [0.4, 0.5) is 0 Å². The SMILES string of the molecule is CCCCCCCCCCCCCCCCCCCCC(=O)O[C@H](COC(=O)CCCCCCCCCCCCCCCCCC)COP(=O)(O)OC[C@@H](O)COP(=O)(O)OC[C@@H](COC(=O)CCCCCCCCC(C)C)OC(=O)CCCCCCCCCCCCCCC. The zero-order valence-electron chi connectivity index (χ0n) is 62.5. The van der Waals surface area contributed by atoms with E-state index in [4.69, 9.17) is 37.0 Å². The highest BCUT2D eigenvalue weighted by atomic mass is 31.2. The molecule has 0 aliphatic carbocycles. The number of carbonyl (C=O) groups excluding carboxylic acids is 4. The van der Waals surface area contributed by atoms with Gasteiger partial charge >= 0.3 is 39.5 Å². The molecule has 0 aliphatic heterocycles.